The van der Waals surface area contributed by atoms with Gasteiger partial charge >= 0.3 is 0 Å². The second-order valence-corrected chi connectivity index (χ2v) is 7.46. The Morgan fingerprint density at radius 1 is 1.42 bits per heavy atom. The van der Waals surface area contributed by atoms with Gasteiger partial charge in [-0.05, 0) is 26.2 Å². The van der Waals surface area contributed by atoms with E-state index in [0.29, 0.717) is 6.42 Å². The van der Waals surface area contributed by atoms with Gasteiger partial charge in [-0.3, -0.25) is 9.59 Å². The number of ketones is 2. The van der Waals surface area contributed by atoms with Crippen LogP contribution in [0.2, 0.25) is 0 Å². The maximum Gasteiger partial charge on any atom is 0.154 e. The molecule has 2 rings (SSSR count). The average Bonchev–Trinajstić information content (AvgIpc) is 2.66. The van der Waals surface area contributed by atoms with E-state index < -0.39 is 10.8 Å². The molecule has 0 unspecified atom stereocenters. The van der Waals surface area contributed by atoms with Crippen molar-refractivity contribution < 1.29 is 14.3 Å². The maximum atomic E-state index is 12.7. The lowest BCUT2D eigenvalue weighted by atomic mass is 9.66. The zero-order valence-electron chi connectivity index (χ0n) is 12.8. The summed E-state index contributed by atoms with van der Waals surface area (Å²) in [7, 11) is 0. The molecule has 0 radical (unpaired) electrons. The van der Waals surface area contributed by atoms with Crippen molar-refractivity contribution in [2.45, 2.75) is 78.4 Å². The topological polar surface area (TPSA) is 43.4 Å². The van der Waals surface area contributed by atoms with Gasteiger partial charge in [0.05, 0.1) is 11.7 Å². The standard InChI is InChI=1S/C16H26O3/c1-6-8-16-9-7-12(19-16)15(5,11(17)10-16)13(18)14(2,3)4/h12H,6-10H2,1-5H3/t12-,15-,16+/m1/s1. The highest BCUT2D eigenvalue weighted by molar-refractivity contribution is 6.10. The van der Waals surface area contributed by atoms with Crippen molar-refractivity contribution in [2.24, 2.45) is 10.8 Å². The molecule has 2 fully saturated rings. The molecule has 0 aromatic carbocycles. The summed E-state index contributed by atoms with van der Waals surface area (Å²) < 4.78 is 6.19. The SMILES string of the molecule is CCC[C@@]12CC[C@@H](O1)[C@](C)(C(=O)C(C)(C)C)C(=O)C2. The van der Waals surface area contributed by atoms with E-state index in [9.17, 15) is 9.59 Å². The Balaban J connectivity index is 2.32. The van der Waals surface area contributed by atoms with E-state index in [1.165, 1.54) is 0 Å². The zero-order chi connectivity index (χ0) is 14.5. The van der Waals surface area contributed by atoms with Gasteiger partial charge in [-0.25, -0.2) is 0 Å². The molecule has 0 aromatic rings. The lowest BCUT2D eigenvalue weighted by molar-refractivity contribution is -0.176. The minimum Gasteiger partial charge on any atom is -0.370 e. The number of carbonyl (C=O) groups excluding carboxylic acids is 2. The summed E-state index contributed by atoms with van der Waals surface area (Å²) in [5.41, 5.74) is -1.71. The molecule has 2 saturated heterocycles. The van der Waals surface area contributed by atoms with Crippen LogP contribution in [0.5, 0.6) is 0 Å². The van der Waals surface area contributed by atoms with Gasteiger partial charge in [0, 0.05) is 11.8 Å². The van der Waals surface area contributed by atoms with Crippen molar-refractivity contribution >= 4 is 11.6 Å². The summed E-state index contributed by atoms with van der Waals surface area (Å²) >= 11 is 0. The summed E-state index contributed by atoms with van der Waals surface area (Å²) in [6, 6.07) is 0. The Hall–Kier alpha value is -0.700. The van der Waals surface area contributed by atoms with Gasteiger partial charge in [0.25, 0.3) is 0 Å². The molecule has 3 heteroatoms. The van der Waals surface area contributed by atoms with Gasteiger partial charge < -0.3 is 4.74 Å². The third-order valence-electron chi connectivity index (χ3n) is 4.82. The molecule has 0 amide bonds. The first-order valence-electron chi connectivity index (χ1n) is 7.42. The molecule has 0 saturated carbocycles. The number of ether oxygens (including phenoxy) is 1. The predicted octanol–water partition coefficient (Wildman–Crippen LogP) is 3.30. The fourth-order valence-corrected chi connectivity index (χ4v) is 3.79. The van der Waals surface area contributed by atoms with Crippen molar-refractivity contribution in [3.8, 4) is 0 Å². The summed E-state index contributed by atoms with van der Waals surface area (Å²) in [5, 5.41) is 0. The van der Waals surface area contributed by atoms with Gasteiger partial charge in [-0.15, -0.1) is 0 Å². The number of Topliss-reactive ketones (excluding diaryl/α,β-unsaturated/α-hetero) is 2. The van der Waals surface area contributed by atoms with Crippen LogP contribution in [0.25, 0.3) is 0 Å². The van der Waals surface area contributed by atoms with Gasteiger partial charge in [-0.2, -0.15) is 0 Å². The Kier molecular flexibility index (Phi) is 3.41. The van der Waals surface area contributed by atoms with E-state index in [4.69, 9.17) is 4.74 Å². The van der Waals surface area contributed by atoms with Crippen LogP contribution in [0.15, 0.2) is 0 Å². The Labute approximate surface area is 116 Å². The van der Waals surface area contributed by atoms with Gasteiger partial charge in [0.2, 0.25) is 0 Å². The summed E-state index contributed by atoms with van der Waals surface area (Å²) in [6.45, 7) is 9.57. The quantitative estimate of drug-likeness (QED) is 0.736. The molecule has 0 aliphatic carbocycles. The molecule has 0 aromatic heterocycles. The lowest BCUT2D eigenvalue weighted by Crippen LogP contribution is -2.56. The van der Waals surface area contributed by atoms with Crippen LogP contribution in [-0.4, -0.2) is 23.3 Å². The predicted molar refractivity (Wildman–Crippen MR) is 73.9 cm³/mol. The zero-order valence-corrected chi connectivity index (χ0v) is 12.8. The minimum atomic E-state index is -0.939. The van der Waals surface area contributed by atoms with Crippen molar-refractivity contribution in [3.05, 3.63) is 0 Å². The van der Waals surface area contributed by atoms with Gasteiger partial charge in [0.15, 0.2) is 11.6 Å². The molecule has 2 aliphatic heterocycles. The third kappa shape index (κ3) is 2.16. The largest absolute Gasteiger partial charge is 0.370 e. The molecule has 108 valence electrons. The van der Waals surface area contributed by atoms with Crippen molar-refractivity contribution in [1.82, 2.24) is 0 Å². The second-order valence-electron chi connectivity index (χ2n) is 7.46. The molecule has 3 nitrogen and oxygen atoms in total. The van der Waals surface area contributed by atoms with Crippen LogP contribution in [0, 0.1) is 10.8 Å². The van der Waals surface area contributed by atoms with Crippen molar-refractivity contribution in [2.75, 3.05) is 0 Å². The summed E-state index contributed by atoms with van der Waals surface area (Å²) in [6.07, 6.45) is 3.90. The van der Waals surface area contributed by atoms with Crippen LogP contribution in [0.1, 0.15) is 66.7 Å². The highest BCUT2D eigenvalue weighted by atomic mass is 16.5. The maximum absolute atomic E-state index is 12.7. The van der Waals surface area contributed by atoms with E-state index in [1.807, 2.05) is 20.8 Å². The third-order valence-corrected chi connectivity index (χ3v) is 4.82. The molecule has 19 heavy (non-hydrogen) atoms. The summed E-state index contributed by atoms with van der Waals surface area (Å²) in [4.78, 5) is 25.3. The van der Waals surface area contributed by atoms with Crippen molar-refractivity contribution in [1.29, 1.82) is 0 Å². The number of hydrogen-bond acceptors (Lipinski definition) is 3. The molecule has 2 heterocycles. The molecular weight excluding hydrogens is 240 g/mol. The highest BCUT2D eigenvalue weighted by Crippen LogP contribution is 2.52. The first-order chi connectivity index (χ1) is 8.66. The average molecular weight is 266 g/mol. The van der Waals surface area contributed by atoms with E-state index in [1.54, 1.807) is 6.92 Å². The molecule has 2 bridgehead atoms. The van der Waals surface area contributed by atoms with Gasteiger partial charge in [0.1, 0.15) is 5.41 Å². The van der Waals surface area contributed by atoms with Crippen LogP contribution in [0.3, 0.4) is 0 Å². The van der Waals surface area contributed by atoms with E-state index in [-0.39, 0.29) is 23.3 Å². The number of fused-ring (bicyclic) bond motifs is 2. The monoisotopic (exact) mass is 266 g/mol. The van der Waals surface area contributed by atoms with E-state index >= 15 is 0 Å². The number of carbonyl (C=O) groups is 2. The summed E-state index contributed by atoms with van der Waals surface area (Å²) in [5.74, 6) is 0.122. The van der Waals surface area contributed by atoms with Crippen LogP contribution < -0.4 is 0 Å². The fraction of sp³-hybridized carbons (Fsp3) is 0.875. The highest BCUT2D eigenvalue weighted by Gasteiger charge is 2.61. The Morgan fingerprint density at radius 3 is 2.58 bits per heavy atom. The van der Waals surface area contributed by atoms with Crippen LogP contribution in [0.4, 0.5) is 0 Å². The number of rotatable bonds is 3. The van der Waals surface area contributed by atoms with Crippen LogP contribution in [-0.2, 0) is 14.3 Å². The first kappa shape index (κ1) is 14.7. The minimum absolute atomic E-state index is 0.0296. The molecule has 0 spiro atoms. The number of hydrogen-bond donors (Lipinski definition) is 0. The van der Waals surface area contributed by atoms with E-state index in [2.05, 4.69) is 6.92 Å². The Morgan fingerprint density at radius 2 is 2.05 bits per heavy atom. The molecule has 0 N–H and O–H groups in total. The normalized spacial score (nSPS) is 38.6. The Bertz CT molecular complexity index is 407. The second kappa shape index (κ2) is 4.41. The molecular formula is C16H26O3. The van der Waals surface area contributed by atoms with E-state index in [0.717, 1.165) is 25.7 Å². The van der Waals surface area contributed by atoms with Crippen molar-refractivity contribution in [3.63, 3.8) is 0 Å². The first-order valence-corrected chi connectivity index (χ1v) is 7.42. The lowest BCUT2D eigenvalue weighted by Gasteiger charge is -2.44. The van der Waals surface area contributed by atoms with Gasteiger partial charge in [-0.1, -0.05) is 34.1 Å². The fourth-order valence-electron chi connectivity index (χ4n) is 3.79. The smallest absolute Gasteiger partial charge is 0.154 e. The van der Waals surface area contributed by atoms with Crippen LogP contribution >= 0.6 is 0 Å². The molecule has 2 aliphatic rings. The molecule has 3 atom stereocenters.